The molecular formula is C18H17NO4S2. The first-order valence-corrected chi connectivity index (χ1v) is 10.0. The van der Waals surface area contributed by atoms with Gasteiger partial charge in [0.1, 0.15) is 16.5 Å². The Balaban J connectivity index is 1.82. The van der Waals surface area contributed by atoms with E-state index >= 15 is 0 Å². The van der Waals surface area contributed by atoms with Gasteiger partial charge in [-0.25, -0.2) is 13.4 Å². The van der Waals surface area contributed by atoms with Crippen molar-refractivity contribution < 1.29 is 17.9 Å². The molecule has 3 aromatic rings. The van der Waals surface area contributed by atoms with Crippen LogP contribution in [0.25, 0.3) is 10.6 Å². The Hall–Kier alpha value is -2.38. The standard InChI is InChI=1S/C18H17NO4S2/c1-22-15-6-8-17(9-7-15)25(20,21)12-14-11-24-18(19-14)13-4-3-5-16(10-13)23-2/h3-11H,12H2,1-2H3. The molecular weight excluding hydrogens is 358 g/mol. The van der Waals surface area contributed by atoms with E-state index in [4.69, 9.17) is 9.47 Å². The van der Waals surface area contributed by atoms with Gasteiger partial charge in [-0.05, 0) is 36.4 Å². The predicted molar refractivity (Wildman–Crippen MR) is 98.0 cm³/mol. The van der Waals surface area contributed by atoms with Crippen molar-refractivity contribution in [3.63, 3.8) is 0 Å². The summed E-state index contributed by atoms with van der Waals surface area (Å²) in [4.78, 5) is 4.71. The molecule has 0 aliphatic heterocycles. The van der Waals surface area contributed by atoms with Crippen LogP contribution in [0.5, 0.6) is 11.5 Å². The maximum Gasteiger partial charge on any atom is 0.184 e. The van der Waals surface area contributed by atoms with Gasteiger partial charge < -0.3 is 9.47 Å². The number of hydrogen-bond donors (Lipinski definition) is 0. The first-order valence-electron chi connectivity index (χ1n) is 7.47. The monoisotopic (exact) mass is 375 g/mol. The van der Waals surface area contributed by atoms with Crippen LogP contribution in [0, 0.1) is 0 Å². The van der Waals surface area contributed by atoms with Crippen molar-refractivity contribution in [2.24, 2.45) is 0 Å². The van der Waals surface area contributed by atoms with Crippen molar-refractivity contribution in [3.05, 3.63) is 59.6 Å². The topological polar surface area (TPSA) is 65.5 Å². The van der Waals surface area contributed by atoms with E-state index in [9.17, 15) is 8.42 Å². The van der Waals surface area contributed by atoms with E-state index in [2.05, 4.69) is 4.98 Å². The Morgan fingerprint density at radius 3 is 2.40 bits per heavy atom. The van der Waals surface area contributed by atoms with E-state index in [1.54, 1.807) is 43.9 Å². The van der Waals surface area contributed by atoms with E-state index in [0.717, 1.165) is 16.3 Å². The second-order valence-corrected chi connectivity index (χ2v) is 8.16. The first kappa shape index (κ1) is 17.4. The highest BCUT2D eigenvalue weighted by Crippen LogP contribution is 2.28. The smallest absolute Gasteiger partial charge is 0.184 e. The molecule has 0 fully saturated rings. The van der Waals surface area contributed by atoms with Crippen molar-refractivity contribution >= 4 is 21.2 Å². The third-order valence-corrected chi connectivity index (χ3v) is 6.23. The van der Waals surface area contributed by atoms with Gasteiger partial charge in [0.05, 0.1) is 30.6 Å². The molecule has 0 spiro atoms. The quantitative estimate of drug-likeness (QED) is 0.656. The molecule has 1 heterocycles. The lowest BCUT2D eigenvalue weighted by Crippen LogP contribution is -2.05. The molecule has 0 atom stereocenters. The zero-order valence-corrected chi connectivity index (χ0v) is 15.4. The SMILES string of the molecule is COc1ccc(S(=O)(=O)Cc2csc(-c3cccc(OC)c3)n2)cc1. The van der Waals surface area contributed by atoms with Crippen LogP contribution in [-0.4, -0.2) is 27.6 Å². The first-order chi connectivity index (χ1) is 12.0. The van der Waals surface area contributed by atoms with E-state index in [0.29, 0.717) is 11.4 Å². The van der Waals surface area contributed by atoms with Gasteiger partial charge in [-0.2, -0.15) is 0 Å². The number of sulfone groups is 1. The molecule has 25 heavy (non-hydrogen) atoms. The van der Waals surface area contributed by atoms with Crippen molar-refractivity contribution in [2.45, 2.75) is 10.6 Å². The van der Waals surface area contributed by atoms with Crippen LogP contribution in [0.1, 0.15) is 5.69 Å². The second kappa shape index (κ2) is 7.25. The molecule has 130 valence electrons. The van der Waals surface area contributed by atoms with Gasteiger partial charge in [-0.15, -0.1) is 11.3 Å². The van der Waals surface area contributed by atoms with Gasteiger partial charge in [0.15, 0.2) is 9.84 Å². The molecule has 0 unspecified atom stereocenters. The molecule has 0 amide bonds. The van der Waals surface area contributed by atoms with E-state index in [-0.39, 0.29) is 10.6 Å². The fraction of sp³-hybridized carbons (Fsp3) is 0.167. The summed E-state index contributed by atoms with van der Waals surface area (Å²) in [6.45, 7) is 0. The Kier molecular flexibility index (Phi) is 5.06. The van der Waals surface area contributed by atoms with Gasteiger partial charge in [0, 0.05) is 10.9 Å². The minimum atomic E-state index is -3.46. The van der Waals surface area contributed by atoms with E-state index < -0.39 is 9.84 Å². The highest BCUT2D eigenvalue weighted by molar-refractivity contribution is 7.90. The van der Waals surface area contributed by atoms with Gasteiger partial charge >= 0.3 is 0 Å². The second-order valence-electron chi connectivity index (χ2n) is 5.31. The molecule has 0 aliphatic rings. The molecule has 0 saturated carbocycles. The summed E-state index contributed by atoms with van der Waals surface area (Å²) in [6.07, 6.45) is 0. The number of rotatable bonds is 6. The van der Waals surface area contributed by atoms with Crippen molar-refractivity contribution in [3.8, 4) is 22.1 Å². The zero-order chi connectivity index (χ0) is 17.9. The Labute approximate surface area is 150 Å². The molecule has 5 nitrogen and oxygen atoms in total. The van der Waals surface area contributed by atoms with Crippen LogP contribution in [0.2, 0.25) is 0 Å². The molecule has 3 rings (SSSR count). The molecule has 2 aromatic carbocycles. The maximum atomic E-state index is 12.6. The van der Waals surface area contributed by atoms with Gasteiger partial charge in [-0.1, -0.05) is 12.1 Å². The van der Waals surface area contributed by atoms with Crippen LogP contribution in [0.15, 0.2) is 58.8 Å². The lowest BCUT2D eigenvalue weighted by Gasteiger charge is -2.04. The lowest BCUT2D eigenvalue weighted by atomic mass is 10.2. The molecule has 0 N–H and O–H groups in total. The molecule has 0 saturated heterocycles. The van der Waals surface area contributed by atoms with Crippen molar-refractivity contribution in [2.75, 3.05) is 14.2 Å². The van der Waals surface area contributed by atoms with Crippen LogP contribution in [0.3, 0.4) is 0 Å². The number of hydrogen-bond acceptors (Lipinski definition) is 6. The Morgan fingerprint density at radius 1 is 1.00 bits per heavy atom. The molecule has 0 radical (unpaired) electrons. The molecule has 0 bridgehead atoms. The van der Waals surface area contributed by atoms with Gasteiger partial charge in [0.2, 0.25) is 0 Å². The average molecular weight is 375 g/mol. The fourth-order valence-electron chi connectivity index (χ4n) is 2.32. The third-order valence-electron chi connectivity index (χ3n) is 3.62. The fourth-order valence-corrected chi connectivity index (χ4v) is 4.50. The number of nitrogens with zero attached hydrogens (tertiary/aromatic N) is 1. The van der Waals surface area contributed by atoms with E-state index in [1.807, 2.05) is 24.3 Å². The minimum absolute atomic E-state index is 0.139. The lowest BCUT2D eigenvalue weighted by molar-refractivity contribution is 0.414. The van der Waals surface area contributed by atoms with Crippen LogP contribution in [-0.2, 0) is 15.6 Å². The Morgan fingerprint density at radius 2 is 1.72 bits per heavy atom. The summed E-state index contributed by atoms with van der Waals surface area (Å²) in [7, 11) is -0.311. The number of ether oxygens (including phenoxy) is 2. The highest BCUT2D eigenvalue weighted by Gasteiger charge is 2.18. The number of aromatic nitrogens is 1. The van der Waals surface area contributed by atoms with Crippen LogP contribution < -0.4 is 9.47 Å². The van der Waals surface area contributed by atoms with Gasteiger partial charge in [-0.3, -0.25) is 0 Å². The summed E-state index contributed by atoms with van der Waals surface area (Å²) >= 11 is 1.41. The molecule has 7 heteroatoms. The third kappa shape index (κ3) is 4.00. The summed E-state index contributed by atoms with van der Waals surface area (Å²) < 4.78 is 35.4. The largest absolute Gasteiger partial charge is 0.497 e. The summed E-state index contributed by atoms with van der Waals surface area (Å²) in [6, 6.07) is 13.9. The van der Waals surface area contributed by atoms with Crippen molar-refractivity contribution in [1.29, 1.82) is 0 Å². The number of benzene rings is 2. The average Bonchev–Trinajstić information content (AvgIpc) is 3.09. The normalized spacial score (nSPS) is 11.3. The molecule has 1 aromatic heterocycles. The maximum absolute atomic E-state index is 12.6. The van der Waals surface area contributed by atoms with Crippen molar-refractivity contribution in [1.82, 2.24) is 4.98 Å². The summed E-state index contributed by atoms with van der Waals surface area (Å²) in [5.41, 5.74) is 1.43. The predicted octanol–water partition coefficient (Wildman–Crippen LogP) is 3.80. The summed E-state index contributed by atoms with van der Waals surface area (Å²) in [5.74, 6) is 1.22. The van der Waals surface area contributed by atoms with Gasteiger partial charge in [0.25, 0.3) is 0 Å². The number of methoxy groups -OCH3 is 2. The van der Waals surface area contributed by atoms with E-state index in [1.165, 1.54) is 11.3 Å². The number of thiazole rings is 1. The zero-order valence-electron chi connectivity index (χ0n) is 13.8. The van der Waals surface area contributed by atoms with Crippen LogP contribution >= 0.6 is 11.3 Å². The molecule has 0 aliphatic carbocycles. The Bertz CT molecular complexity index is 963. The summed E-state index contributed by atoms with van der Waals surface area (Å²) in [5, 5.41) is 2.54. The van der Waals surface area contributed by atoms with Crippen LogP contribution in [0.4, 0.5) is 0 Å². The highest BCUT2D eigenvalue weighted by atomic mass is 32.2. The minimum Gasteiger partial charge on any atom is -0.497 e.